The maximum absolute atomic E-state index is 12.1. The third-order valence-corrected chi connectivity index (χ3v) is 2.56. The molecule has 0 aliphatic heterocycles. The van der Waals surface area contributed by atoms with Crippen LogP contribution in [0.4, 0.5) is 0 Å². The molecule has 0 saturated heterocycles. The molecular formula is C14H17N3O2. The van der Waals surface area contributed by atoms with Gasteiger partial charge in [-0.2, -0.15) is 0 Å². The Kier molecular flexibility index (Phi) is 3.85. The van der Waals surface area contributed by atoms with Crippen LogP contribution in [0.5, 0.6) is 0 Å². The predicted octanol–water partition coefficient (Wildman–Crippen LogP) is 2.04. The highest BCUT2D eigenvalue weighted by Gasteiger charge is 2.18. The quantitative estimate of drug-likeness (QED) is 0.788. The number of fused-ring (bicyclic) bond motifs is 1. The van der Waals surface area contributed by atoms with Crippen LogP contribution in [0, 0.1) is 0 Å². The van der Waals surface area contributed by atoms with Gasteiger partial charge < -0.3 is 9.64 Å². The van der Waals surface area contributed by atoms with Gasteiger partial charge in [-0.25, -0.2) is 9.78 Å². The molecule has 0 unspecified atom stereocenters. The van der Waals surface area contributed by atoms with Crippen LogP contribution >= 0.6 is 0 Å². The number of carbonyl (C=O) groups is 1. The largest absolute Gasteiger partial charge is 0.461 e. The summed E-state index contributed by atoms with van der Waals surface area (Å²) in [4.78, 5) is 18.4. The predicted molar refractivity (Wildman–Crippen MR) is 73.9 cm³/mol. The number of carbonyl (C=O) groups excluding carboxylic acids is 1. The number of ether oxygens (including phenoxy) is 1. The topological polar surface area (TPSA) is 46.8 Å². The average Bonchev–Trinajstić information content (AvgIpc) is 2.74. The molecule has 19 heavy (non-hydrogen) atoms. The second kappa shape index (κ2) is 5.56. The first-order valence-electron chi connectivity index (χ1n) is 6.12. The van der Waals surface area contributed by atoms with Crippen LogP contribution in [0.1, 0.15) is 23.1 Å². The van der Waals surface area contributed by atoms with Crippen molar-refractivity contribution in [3.8, 4) is 0 Å². The Labute approximate surface area is 112 Å². The van der Waals surface area contributed by atoms with Gasteiger partial charge in [0.15, 0.2) is 5.69 Å². The summed E-state index contributed by atoms with van der Waals surface area (Å²) in [6.07, 6.45) is 5.46. The highest BCUT2D eigenvalue weighted by molar-refractivity contribution is 5.92. The van der Waals surface area contributed by atoms with E-state index < -0.39 is 0 Å². The van der Waals surface area contributed by atoms with Gasteiger partial charge in [0.1, 0.15) is 5.65 Å². The van der Waals surface area contributed by atoms with E-state index in [9.17, 15) is 4.79 Å². The van der Waals surface area contributed by atoms with E-state index in [1.807, 2.05) is 49.6 Å². The Morgan fingerprint density at radius 1 is 1.47 bits per heavy atom. The summed E-state index contributed by atoms with van der Waals surface area (Å²) >= 11 is 0. The fourth-order valence-corrected chi connectivity index (χ4v) is 1.75. The van der Waals surface area contributed by atoms with Gasteiger partial charge in [0, 0.05) is 26.5 Å². The SMILES string of the molecule is CCOC(=O)c1c(/C=C/N(C)C)nc2ccccn12. The lowest BCUT2D eigenvalue weighted by Gasteiger charge is -2.04. The molecule has 0 aliphatic carbocycles. The first-order valence-corrected chi connectivity index (χ1v) is 6.12. The Bertz CT molecular complexity index is 614. The molecule has 2 aromatic heterocycles. The Hall–Kier alpha value is -2.30. The molecule has 0 fully saturated rings. The molecule has 5 heteroatoms. The molecule has 100 valence electrons. The Balaban J connectivity index is 2.55. The molecule has 0 radical (unpaired) electrons. The van der Waals surface area contributed by atoms with Gasteiger partial charge in [0.2, 0.25) is 0 Å². The number of imidazole rings is 1. The number of hydrogen-bond acceptors (Lipinski definition) is 4. The van der Waals surface area contributed by atoms with Crippen molar-refractivity contribution in [2.24, 2.45) is 0 Å². The van der Waals surface area contributed by atoms with Crippen molar-refractivity contribution in [2.75, 3.05) is 20.7 Å². The smallest absolute Gasteiger partial charge is 0.357 e. The lowest BCUT2D eigenvalue weighted by molar-refractivity contribution is 0.0518. The molecule has 2 rings (SSSR count). The van der Waals surface area contributed by atoms with Gasteiger partial charge in [-0.15, -0.1) is 0 Å². The van der Waals surface area contributed by atoms with Gasteiger partial charge >= 0.3 is 5.97 Å². The zero-order valence-electron chi connectivity index (χ0n) is 11.3. The maximum Gasteiger partial charge on any atom is 0.357 e. The van der Waals surface area contributed by atoms with Crippen LogP contribution in [0.3, 0.4) is 0 Å². The van der Waals surface area contributed by atoms with Gasteiger partial charge in [0.05, 0.1) is 12.3 Å². The zero-order chi connectivity index (χ0) is 13.8. The number of pyridine rings is 1. The molecule has 0 aromatic carbocycles. The summed E-state index contributed by atoms with van der Waals surface area (Å²) in [5.74, 6) is -0.361. The molecule has 0 N–H and O–H groups in total. The standard InChI is InChI=1S/C14H17N3O2/c1-4-19-14(18)13-11(8-10-16(2)3)15-12-7-5-6-9-17(12)13/h5-10H,4H2,1-3H3/b10-8+. The minimum atomic E-state index is -0.361. The molecule has 0 saturated carbocycles. The summed E-state index contributed by atoms with van der Waals surface area (Å²) in [5.41, 5.74) is 1.79. The van der Waals surface area contributed by atoms with Crippen LogP contribution in [-0.4, -0.2) is 41.0 Å². The molecule has 0 amide bonds. The molecular weight excluding hydrogens is 242 g/mol. The van der Waals surface area contributed by atoms with E-state index in [2.05, 4.69) is 4.98 Å². The highest BCUT2D eigenvalue weighted by atomic mass is 16.5. The minimum Gasteiger partial charge on any atom is -0.461 e. The highest BCUT2D eigenvalue weighted by Crippen LogP contribution is 2.15. The Morgan fingerprint density at radius 3 is 2.95 bits per heavy atom. The van der Waals surface area contributed by atoms with E-state index in [-0.39, 0.29) is 5.97 Å². The van der Waals surface area contributed by atoms with Crippen LogP contribution in [0.15, 0.2) is 30.6 Å². The average molecular weight is 259 g/mol. The summed E-state index contributed by atoms with van der Waals surface area (Å²) < 4.78 is 6.84. The van der Waals surface area contributed by atoms with E-state index in [1.165, 1.54) is 0 Å². The minimum absolute atomic E-state index is 0.343. The molecule has 0 aliphatic rings. The van der Waals surface area contributed by atoms with Gasteiger partial charge in [0.25, 0.3) is 0 Å². The molecule has 0 spiro atoms. The molecule has 2 aromatic rings. The summed E-state index contributed by atoms with van der Waals surface area (Å²) in [7, 11) is 3.83. The van der Waals surface area contributed by atoms with Gasteiger partial charge in [-0.1, -0.05) is 6.07 Å². The van der Waals surface area contributed by atoms with Crippen molar-refractivity contribution in [1.29, 1.82) is 0 Å². The first kappa shape index (κ1) is 13.1. The lowest BCUT2D eigenvalue weighted by Crippen LogP contribution is -2.09. The number of hydrogen-bond donors (Lipinski definition) is 0. The van der Waals surface area contributed by atoms with Crippen molar-refractivity contribution in [3.05, 3.63) is 42.0 Å². The zero-order valence-corrected chi connectivity index (χ0v) is 11.3. The second-order valence-corrected chi connectivity index (χ2v) is 4.27. The Morgan fingerprint density at radius 2 is 2.26 bits per heavy atom. The maximum atomic E-state index is 12.1. The van der Waals surface area contributed by atoms with Crippen LogP contribution < -0.4 is 0 Å². The van der Waals surface area contributed by atoms with Crippen molar-refractivity contribution < 1.29 is 9.53 Å². The molecule has 0 atom stereocenters. The monoisotopic (exact) mass is 259 g/mol. The second-order valence-electron chi connectivity index (χ2n) is 4.27. The first-order chi connectivity index (χ1) is 9.13. The van der Waals surface area contributed by atoms with Crippen molar-refractivity contribution in [1.82, 2.24) is 14.3 Å². The summed E-state index contributed by atoms with van der Waals surface area (Å²) in [6.45, 7) is 2.13. The number of nitrogens with zero attached hydrogens (tertiary/aromatic N) is 3. The van der Waals surface area contributed by atoms with E-state index in [0.29, 0.717) is 18.0 Å². The fraction of sp³-hybridized carbons (Fsp3) is 0.286. The molecule has 2 heterocycles. The van der Waals surface area contributed by atoms with E-state index >= 15 is 0 Å². The van der Waals surface area contributed by atoms with Crippen LogP contribution in [0.2, 0.25) is 0 Å². The summed E-state index contributed by atoms with van der Waals surface area (Å²) in [6, 6.07) is 5.60. The fourth-order valence-electron chi connectivity index (χ4n) is 1.75. The lowest BCUT2D eigenvalue weighted by atomic mass is 10.3. The number of esters is 1. The van der Waals surface area contributed by atoms with E-state index in [4.69, 9.17) is 4.74 Å². The van der Waals surface area contributed by atoms with Gasteiger partial charge in [-0.3, -0.25) is 4.40 Å². The van der Waals surface area contributed by atoms with Crippen LogP contribution in [0.25, 0.3) is 11.7 Å². The van der Waals surface area contributed by atoms with Crippen molar-refractivity contribution >= 4 is 17.7 Å². The normalized spacial score (nSPS) is 11.1. The van der Waals surface area contributed by atoms with Crippen molar-refractivity contribution in [3.63, 3.8) is 0 Å². The van der Waals surface area contributed by atoms with Crippen LogP contribution in [-0.2, 0) is 4.74 Å². The molecule has 5 nitrogen and oxygen atoms in total. The third-order valence-electron chi connectivity index (χ3n) is 2.56. The van der Waals surface area contributed by atoms with E-state index in [0.717, 1.165) is 5.65 Å². The third kappa shape index (κ3) is 2.76. The van der Waals surface area contributed by atoms with E-state index in [1.54, 1.807) is 17.4 Å². The molecule has 0 bridgehead atoms. The van der Waals surface area contributed by atoms with Gasteiger partial charge in [-0.05, 0) is 25.1 Å². The van der Waals surface area contributed by atoms with Crippen molar-refractivity contribution in [2.45, 2.75) is 6.92 Å². The number of aromatic nitrogens is 2. The summed E-state index contributed by atoms with van der Waals surface area (Å²) in [5, 5.41) is 0. The number of rotatable bonds is 4.